The van der Waals surface area contributed by atoms with E-state index in [2.05, 4.69) is 29.4 Å². The van der Waals surface area contributed by atoms with E-state index >= 15 is 0 Å². The maximum Gasteiger partial charge on any atom is 0.416 e. The Labute approximate surface area is 180 Å². The number of hydrogen-bond donors (Lipinski definition) is 1. The summed E-state index contributed by atoms with van der Waals surface area (Å²) < 4.78 is 43.7. The molecule has 166 valence electrons. The molecule has 0 aromatic heterocycles. The monoisotopic (exact) mass is 432 g/mol. The van der Waals surface area contributed by atoms with Gasteiger partial charge < -0.3 is 10.1 Å². The Kier molecular flexibility index (Phi) is 7.87. The van der Waals surface area contributed by atoms with Crippen molar-refractivity contribution in [3.63, 3.8) is 0 Å². The molecule has 1 fully saturated rings. The first-order valence-corrected chi connectivity index (χ1v) is 10.3. The number of hydrogen-bond acceptors (Lipinski definition) is 3. The van der Waals surface area contributed by atoms with Gasteiger partial charge in [-0.2, -0.15) is 13.2 Å². The predicted molar refractivity (Wildman–Crippen MR) is 114 cm³/mol. The van der Waals surface area contributed by atoms with E-state index in [-0.39, 0.29) is 5.91 Å². The van der Waals surface area contributed by atoms with Gasteiger partial charge in [0.15, 0.2) is 0 Å². The lowest BCUT2D eigenvalue weighted by molar-refractivity contribution is -0.137. The molecule has 2 aromatic rings. The zero-order valence-corrected chi connectivity index (χ0v) is 17.5. The zero-order valence-electron chi connectivity index (χ0n) is 17.5. The van der Waals surface area contributed by atoms with Gasteiger partial charge in [-0.15, -0.1) is 0 Å². The quantitative estimate of drug-likeness (QED) is 0.648. The lowest BCUT2D eigenvalue weighted by Gasteiger charge is -2.31. The van der Waals surface area contributed by atoms with Crippen LogP contribution in [0.4, 0.5) is 13.2 Å². The molecule has 0 spiro atoms. The molecule has 1 amide bonds. The molecular formula is C24H27F3N2O2. The van der Waals surface area contributed by atoms with Crippen LogP contribution in [0.3, 0.4) is 0 Å². The second-order valence-electron chi connectivity index (χ2n) is 7.75. The molecular weight excluding hydrogens is 405 g/mol. The topological polar surface area (TPSA) is 41.6 Å². The molecule has 1 aliphatic rings. The summed E-state index contributed by atoms with van der Waals surface area (Å²) >= 11 is 0. The number of carbonyl (C=O) groups is 1. The van der Waals surface area contributed by atoms with Gasteiger partial charge in [0, 0.05) is 38.4 Å². The van der Waals surface area contributed by atoms with Crippen LogP contribution in [0.1, 0.15) is 35.1 Å². The number of ether oxygens (including phenoxy) is 1. The molecule has 1 aliphatic heterocycles. The molecule has 2 aromatic carbocycles. The predicted octanol–water partition coefficient (Wildman–Crippen LogP) is 4.65. The van der Waals surface area contributed by atoms with E-state index < -0.39 is 11.7 Å². The number of nitrogens with one attached hydrogen (secondary N) is 1. The van der Waals surface area contributed by atoms with Gasteiger partial charge in [0.1, 0.15) is 0 Å². The Hall–Kier alpha value is -2.64. The minimum Gasteiger partial charge on any atom is -0.381 e. The molecule has 1 heterocycles. The second kappa shape index (κ2) is 10.6. The molecule has 1 saturated heterocycles. The molecule has 4 nitrogen and oxygen atoms in total. The molecule has 0 saturated carbocycles. The average Bonchev–Trinajstić information content (AvgIpc) is 2.77. The summed E-state index contributed by atoms with van der Waals surface area (Å²) in [5.74, 6) is -0.360. The van der Waals surface area contributed by atoms with E-state index in [9.17, 15) is 18.0 Å². The number of benzene rings is 2. The molecule has 0 unspecified atom stereocenters. The van der Waals surface area contributed by atoms with Crippen molar-refractivity contribution in [3.8, 4) is 0 Å². The van der Waals surface area contributed by atoms with Crippen molar-refractivity contribution in [1.29, 1.82) is 0 Å². The van der Waals surface area contributed by atoms with Gasteiger partial charge in [0.25, 0.3) is 0 Å². The normalized spacial score (nSPS) is 15.5. The molecule has 3 rings (SSSR count). The minimum absolute atomic E-state index is 0.322. The van der Waals surface area contributed by atoms with Crippen LogP contribution in [0.25, 0.3) is 6.08 Å². The maximum absolute atomic E-state index is 12.8. The Morgan fingerprint density at radius 1 is 1.13 bits per heavy atom. The minimum atomic E-state index is -4.40. The van der Waals surface area contributed by atoms with Crippen LogP contribution >= 0.6 is 0 Å². The van der Waals surface area contributed by atoms with Crippen LogP contribution in [0.2, 0.25) is 0 Å². The lowest BCUT2D eigenvalue weighted by atomic mass is 10.1. The number of halogens is 3. The summed E-state index contributed by atoms with van der Waals surface area (Å²) in [5, 5.41) is 2.75. The smallest absolute Gasteiger partial charge is 0.381 e. The van der Waals surface area contributed by atoms with Crippen LogP contribution in [-0.4, -0.2) is 37.1 Å². The fourth-order valence-corrected chi connectivity index (χ4v) is 3.54. The molecule has 31 heavy (non-hydrogen) atoms. The number of rotatable bonds is 7. The van der Waals surface area contributed by atoms with Gasteiger partial charge >= 0.3 is 6.18 Å². The lowest BCUT2D eigenvalue weighted by Crippen LogP contribution is -2.36. The number of alkyl halides is 3. The first-order chi connectivity index (χ1) is 14.8. The summed E-state index contributed by atoms with van der Waals surface area (Å²) in [5.41, 5.74) is 1.74. The van der Waals surface area contributed by atoms with Crippen LogP contribution < -0.4 is 5.32 Å². The number of amides is 1. The van der Waals surface area contributed by atoms with Crippen molar-refractivity contribution in [1.82, 2.24) is 10.2 Å². The standard InChI is InChI=1S/C24H27F3N2O2/c1-29(22-11-13-31-14-12-22)17-20-7-5-19(6-8-20)16-28-23(30)10-9-18-3-2-4-21(15-18)24(25,26)27/h2-10,15,22H,11-14,16-17H2,1H3,(H,28,30). The van der Waals surface area contributed by atoms with Crippen molar-refractivity contribution in [3.05, 3.63) is 76.9 Å². The second-order valence-corrected chi connectivity index (χ2v) is 7.75. The fourth-order valence-electron chi connectivity index (χ4n) is 3.54. The Morgan fingerprint density at radius 2 is 1.81 bits per heavy atom. The van der Waals surface area contributed by atoms with Gasteiger partial charge in [-0.25, -0.2) is 0 Å². The van der Waals surface area contributed by atoms with Gasteiger partial charge in [-0.3, -0.25) is 9.69 Å². The highest BCUT2D eigenvalue weighted by atomic mass is 19.4. The van der Waals surface area contributed by atoms with Crippen LogP contribution in [-0.2, 0) is 28.8 Å². The highest BCUT2D eigenvalue weighted by Crippen LogP contribution is 2.29. The van der Waals surface area contributed by atoms with Crippen LogP contribution in [0.15, 0.2) is 54.6 Å². The third kappa shape index (κ3) is 7.22. The Bertz CT molecular complexity index is 888. The number of nitrogens with zero attached hydrogens (tertiary/aromatic N) is 1. The average molecular weight is 432 g/mol. The third-order valence-electron chi connectivity index (χ3n) is 5.38. The van der Waals surface area contributed by atoms with Gasteiger partial charge in [-0.05, 0) is 54.8 Å². The van der Waals surface area contributed by atoms with E-state index in [1.54, 1.807) is 0 Å². The summed E-state index contributed by atoms with van der Waals surface area (Å²) in [6.07, 6.45) is 0.313. The van der Waals surface area contributed by atoms with Crippen molar-refractivity contribution in [2.24, 2.45) is 0 Å². The molecule has 1 N–H and O–H groups in total. The summed E-state index contributed by atoms with van der Waals surface area (Å²) in [6, 6.07) is 13.5. The van der Waals surface area contributed by atoms with Gasteiger partial charge in [0.2, 0.25) is 5.91 Å². The molecule has 0 atom stereocenters. The van der Waals surface area contributed by atoms with Crippen molar-refractivity contribution < 1.29 is 22.7 Å². The number of carbonyl (C=O) groups excluding carboxylic acids is 1. The molecule has 0 radical (unpaired) electrons. The Balaban J connectivity index is 1.47. The van der Waals surface area contributed by atoms with Crippen LogP contribution in [0.5, 0.6) is 0 Å². The van der Waals surface area contributed by atoms with Crippen molar-refractivity contribution in [2.45, 2.75) is 38.1 Å². The van der Waals surface area contributed by atoms with E-state index in [0.717, 1.165) is 50.3 Å². The van der Waals surface area contributed by atoms with E-state index in [0.29, 0.717) is 18.2 Å². The highest BCUT2D eigenvalue weighted by molar-refractivity contribution is 5.91. The SMILES string of the molecule is CN(Cc1ccc(CNC(=O)C=Cc2cccc(C(F)(F)F)c2)cc1)C1CCOCC1. The fraction of sp³-hybridized carbons (Fsp3) is 0.375. The zero-order chi connectivity index (χ0) is 22.3. The van der Waals surface area contributed by atoms with Gasteiger partial charge in [-0.1, -0.05) is 36.4 Å². The largest absolute Gasteiger partial charge is 0.416 e. The first-order valence-electron chi connectivity index (χ1n) is 10.3. The molecule has 0 aliphatic carbocycles. The van der Waals surface area contributed by atoms with Gasteiger partial charge in [0.05, 0.1) is 5.56 Å². The highest BCUT2D eigenvalue weighted by Gasteiger charge is 2.30. The first kappa shape index (κ1) is 23.0. The maximum atomic E-state index is 12.8. The molecule has 7 heteroatoms. The third-order valence-corrected chi connectivity index (χ3v) is 5.38. The summed E-state index contributed by atoms with van der Waals surface area (Å²) in [7, 11) is 2.13. The molecule has 0 bridgehead atoms. The van der Waals surface area contributed by atoms with Crippen molar-refractivity contribution >= 4 is 12.0 Å². The summed E-state index contributed by atoms with van der Waals surface area (Å²) in [6.45, 7) is 2.84. The van der Waals surface area contributed by atoms with E-state index in [1.807, 2.05) is 12.1 Å². The summed E-state index contributed by atoms with van der Waals surface area (Å²) in [4.78, 5) is 14.4. The van der Waals surface area contributed by atoms with Crippen molar-refractivity contribution in [2.75, 3.05) is 20.3 Å². The van der Waals surface area contributed by atoms with E-state index in [4.69, 9.17) is 4.74 Å². The Morgan fingerprint density at radius 3 is 2.48 bits per heavy atom. The van der Waals surface area contributed by atoms with Crippen LogP contribution in [0, 0.1) is 0 Å². The van der Waals surface area contributed by atoms with E-state index in [1.165, 1.54) is 29.8 Å².